The van der Waals surface area contributed by atoms with Crippen molar-refractivity contribution in [3.8, 4) is 0 Å². The average Bonchev–Trinajstić information content (AvgIpc) is 2.13. The summed E-state index contributed by atoms with van der Waals surface area (Å²) in [5.74, 6) is -0.327. The summed E-state index contributed by atoms with van der Waals surface area (Å²) in [6, 6.07) is 4.34. The van der Waals surface area contributed by atoms with Crippen LogP contribution in [0.1, 0.15) is 6.92 Å². The molecule has 3 amide bonds. The van der Waals surface area contributed by atoms with Crippen LogP contribution in [0.3, 0.4) is 0 Å². The zero-order valence-corrected chi connectivity index (χ0v) is 9.26. The first-order valence-electron chi connectivity index (χ1n) is 4.80. The Balaban J connectivity index is 2.67. The van der Waals surface area contributed by atoms with Crippen molar-refractivity contribution in [3.63, 3.8) is 0 Å². The number of amides is 3. The van der Waals surface area contributed by atoms with Crippen molar-refractivity contribution in [3.05, 3.63) is 24.3 Å². The first-order chi connectivity index (χ1) is 8.26. The normalized spacial score (nSPS) is 10.7. The summed E-state index contributed by atoms with van der Waals surface area (Å²) < 4.78 is 35.5. The summed E-state index contributed by atoms with van der Waals surface area (Å²) in [5.41, 5.74) is 0.496. The number of urea groups is 1. The molecule has 1 rings (SSSR count). The van der Waals surface area contributed by atoms with Gasteiger partial charge >= 0.3 is 12.3 Å². The van der Waals surface area contributed by atoms with Crippen LogP contribution in [0.2, 0.25) is 0 Å². The van der Waals surface area contributed by atoms with Crippen LogP contribution in [-0.2, 0) is 4.79 Å². The van der Waals surface area contributed by atoms with E-state index in [1.807, 2.05) is 5.32 Å². The van der Waals surface area contributed by atoms with Crippen LogP contribution in [0.15, 0.2) is 24.3 Å². The Morgan fingerprint density at radius 3 is 2.17 bits per heavy atom. The largest absolute Gasteiger partial charge is 0.485 e. The van der Waals surface area contributed by atoms with Gasteiger partial charge in [-0.2, -0.15) is 13.2 Å². The third-order valence-electron chi connectivity index (χ3n) is 1.70. The van der Waals surface area contributed by atoms with Gasteiger partial charge in [-0.1, -0.05) is 6.07 Å². The van der Waals surface area contributed by atoms with Crippen LogP contribution in [0.5, 0.6) is 0 Å². The van der Waals surface area contributed by atoms with Gasteiger partial charge in [0.05, 0.1) is 0 Å². The maximum Gasteiger partial charge on any atom is 0.485 e. The van der Waals surface area contributed by atoms with Crippen molar-refractivity contribution < 1.29 is 22.8 Å². The molecule has 0 aliphatic heterocycles. The lowest BCUT2D eigenvalue weighted by Gasteiger charge is -2.10. The predicted octanol–water partition coefficient (Wildman–Crippen LogP) is 2.29. The second-order valence-electron chi connectivity index (χ2n) is 3.34. The van der Waals surface area contributed by atoms with E-state index in [1.54, 1.807) is 0 Å². The number of alkyl halides is 3. The maximum absolute atomic E-state index is 11.8. The van der Waals surface area contributed by atoms with Crippen molar-refractivity contribution in [2.24, 2.45) is 0 Å². The molecule has 0 aliphatic carbocycles. The molecule has 0 unspecified atom stereocenters. The maximum atomic E-state index is 11.8. The number of hydrogen-bond donors (Lipinski definition) is 3. The number of carbonyl (C=O) groups is 2. The van der Waals surface area contributed by atoms with Gasteiger partial charge in [0.15, 0.2) is 0 Å². The van der Waals surface area contributed by atoms with Crippen molar-refractivity contribution in [2.45, 2.75) is 13.2 Å². The summed E-state index contributed by atoms with van der Waals surface area (Å²) in [5, 5.41) is 5.22. The lowest BCUT2D eigenvalue weighted by Crippen LogP contribution is -2.40. The van der Waals surface area contributed by atoms with Gasteiger partial charge in [0.1, 0.15) is 0 Å². The molecule has 0 aromatic heterocycles. The standard InChI is InChI=1S/C10H10F3N3O2/c1-6(17)14-7-3-2-4-8(5-7)15-9(18)16-10(11,12)13/h2-5H,1H3,(H,14,17)(H2,15,16,18). The molecule has 1 aromatic rings. The minimum Gasteiger partial charge on any atom is -0.326 e. The van der Waals surface area contributed by atoms with Crippen LogP contribution in [0.25, 0.3) is 0 Å². The summed E-state index contributed by atoms with van der Waals surface area (Å²) in [6.45, 7) is 1.29. The van der Waals surface area contributed by atoms with E-state index in [0.717, 1.165) is 5.32 Å². The van der Waals surface area contributed by atoms with Crippen LogP contribution in [0, 0.1) is 0 Å². The summed E-state index contributed by atoms with van der Waals surface area (Å²) >= 11 is 0. The quantitative estimate of drug-likeness (QED) is 0.715. The Bertz CT molecular complexity index is 460. The second kappa shape index (κ2) is 5.39. The highest BCUT2D eigenvalue weighted by Crippen LogP contribution is 2.16. The molecular weight excluding hydrogens is 251 g/mol. The molecule has 0 radical (unpaired) electrons. The number of carbonyl (C=O) groups excluding carboxylic acids is 2. The van der Waals surface area contributed by atoms with Gasteiger partial charge in [-0.25, -0.2) is 10.1 Å². The third kappa shape index (κ3) is 5.19. The Morgan fingerprint density at radius 1 is 1.11 bits per heavy atom. The summed E-state index contributed by atoms with van der Waals surface area (Å²) in [4.78, 5) is 21.7. The smallest absolute Gasteiger partial charge is 0.326 e. The molecule has 0 saturated carbocycles. The van der Waals surface area contributed by atoms with Gasteiger partial charge < -0.3 is 10.6 Å². The van der Waals surface area contributed by atoms with Gasteiger partial charge in [0.2, 0.25) is 5.91 Å². The molecule has 3 N–H and O–H groups in total. The number of hydrogen-bond acceptors (Lipinski definition) is 2. The van der Waals surface area contributed by atoms with E-state index in [4.69, 9.17) is 0 Å². The molecule has 0 saturated heterocycles. The topological polar surface area (TPSA) is 70.2 Å². The molecular formula is C10H10F3N3O2. The highest BCUT2D eigenvalue weighted by Gasteiger charge is 2.29. The molecule has 5 nitrogen and oxygen atoms in total. The van der Waals surface area contributed by atoms with Crippen molar-refractivity contribution >= 4 is 23.3 Å². The zero-order valence-electron chi connectivity index (χ0n) is 9.26. The molecule has 8 heteroatoms. The highest BCUT2D eigenvalue weighted by atomic mass is 19.4. The highest BCUT2D eigenvalue weighted by molar-refractivity contribution is 5.92. The summed E-state index contributed by atoms with van der Waals surface area (Å²) in [7, 11) is 0. The molecule has 0 fully saturated rings. The van der Waals surface area contributed by atoms with Gasteiger partial charge in [0, 0.05) is 18.3 Å². The Hall–Kier alpha value is -2.25. The number of halogens is 3. The fourth-order valence-electron chi connectivity index (χ4n) is 1.17. The Morgan fingerprint density at radius 2 is 1.67 bits per heavy atom. The second-order valence-corrected chi connectivity index (χ2v) is 3.34. The number of benzene rings is 1. The molecule has 98 valence electrons. The number of anilines is 2. The lowest BCUT2D eigenvalue weighted by molar-refractivity contribution is -0.144. The Kier molecular flexibility index (Phi) is 4.13. The third-order valence-corrected chi connectivity index (χ3v) is 1.70. The van der Waals surface area contributed by atoms with E-state index in [1.165, 1.54) is 31.2 Å². The molecule has 0 atom stereocenters. The van der Waals surface area contributed by atoms with E-state index in [2.05, 4.69) is 5.32 Å². The summed E-state index contributed by atoms with van der Waals surface area (Å²) in [6.07, 6.45) is -4.79. The van der Waals surface area contributed by atoms with Crippen LogP contribution in [-0.4, -0.2) is 18.2 Å². The Labute approximate surface area is 100 Å². The van der Waals surface area contributed by atoms with Crippen molar-refractivity contribution in [1.29, 1.82) is 0 Å². The molecule has 0 heterocycles. The molecule has 0 bridgehead atoms. The van der Waals surface area contributed by atoms with Gasteiger partial charge in [0.25, 0.3) is 0 Å². The predicted molar refractivity (Wildman–Crippen MR) is 59.0 cm³/mol. The van der Waals surface area contributed by atoms with Gasteiger partial charge in [-0.15, -0.1) is 0 Å². The van der Waals surface area contributed by atoms with E-state index >= 15 is 0 Å². The fraction of sp³-hybridized carbons (Fsp3) is 0.200. The van der Waals surface area contributed by atoms with Crippen LogP contribution in [0.4, 0.5) is 29.3 Å². The lowest BCUT2D eigenvalue weighted by atomic mass is 10.3. The number of rotatable bonds is 2. The fourth-order valence-corrected chi connectivity index (χ4v) is 1.17. The first kappa shape index (κ1) is 13.8. The van der Waals surface area contributed by atoms with Crippen molar-refractivity contribution in [1.82, 2.24) is 5.32 Å². The molecule has 1 aromatic carbocycles. The van der Waals surface area contributed by atoms with E-state index < -0.39 is 12.3 Å². The van der Waals surface area contributed by atoms with Crippen LogP contribution >= 0.6 is 0 Å². The minimum absolute atomic E-state index is 0.128. The SMILES string of the molecule is CC(=O)Nc1cccc(NC(=O)NC(F)(F)F)c1. The van der Waals surface area contributed by atoms with E-state index in [0.29, 0.717) is 5.69 Å². The van der Waals surface area contributed by atoms with Crippen molar-refractivity contribution in [2.75, 3.05) is 10.6 Å². The zero-order chi connectivity index (χ0) is 13.8. The average molecular weight is 261 g/mol. The molecule has 0 aliphatic rings. The molecule has 0 spiro atoms. The minimum atomic E-state index is -4.79. The van der Waals surface area contributed by atoms with Gasteiger partial charge in [-0.3, -0.25) is 4.79 Å². The van der Waals surface area contributed by atoms with E-state index in [-0.39, 0.29) is 11.6 Å². The van der Waals surface area contributed by atoms with Gasteiger partial charge in [-0.05, 0) is 18.2 Å². The first-order valence-corrected chi connectivity index (χ1v) is 4.80. The monoisotopic (exact) mass is 261 g/mol. The number of nitrogens with one attached hydrogen (secondary N) is 3. The van der Waals surface area contributed by atoms with E-state index in [9.17, 15) is 22.8 Å². The van der Waals surface area contributed by atoms with Crippen LogP contribution < -0.4 is 16.0 Å². The molecule has 18 heavy (non-hydrogen) atoms.